The third kappa shape index (κ3) is 13.7. The molecule has 0 rings (SSSR count). The lowest BCUT2D eigenvalue weighted by molar-refractivity contribution is -0.106. The first-order valence-corrected chi connectivity index (χ1v) is 9.44. The topological polar surface area (TPSA) is 75.7 Å². The van der Waals surface area contributed by atoms with Gasteiger partial charge in [-0.15, -0.1) is 0 Å². The molecule has 0 aromatic heterocycles. The Kier molecular flexibility index (Phi) is 16.1. The number of aliphatic hydroxyl groups excluding tert-OH is 2. The lowest BCUT2D eigenvalue weighted by Gasteiger charge is -2.20. The van der Waals surface area contributed by atoms with E-state index in [2.05, 4.69) is 11.7 Å². The van der Waals surface area contributed by atoms with Gasteiger partial charge in [-0.3, -0.25) is 0 Å². The fourth-order valence-electron chi connectivity index (χ4n) is 2.62. The molecule has 0 spiro atoms. The van der Waals surface area contributed by atoms with Crippen LogP contribution in [0.4, 0.5) is 0 Å². The van der Waals surface area contributed by atoms with Crippen molar-refractivity contribution < 1.29 is 14.9 Å². The number of aliphatic hydroxyl groups is 2. The Morgan fingerprint density at radius 1 is 0.870 bits per heavy atom. The van der Waals surface area contributed by atoms with Crippen LogP contribution in [0, 0.1) is 0 Å². The van der Waals surface area contributed by atoms with Crippen LogP contribution in [0.15, 0.2) is 12.2 Å². The normalized spacial score (nSPS) is 15.9. The van der Waals surface area contributed by atoms with E-state index in [1.807, 2.05) is 6.08 Å². The molecule has 4 heteroatoms. The van der Waals surface area contributed by atoms with Gasteiger partial charge in [-0.25, -0.2) is 0 Å². The number of nitrogens with two attached hydrogens (primary N) is 1. The Morgan fingerprint density at radius 2 is 1.35 bits per heavy atom. The quantitative estimate of drug-likeness (QED) is 0.228. The molecular formula is C19H39NO3. The number of hydrogen-bond acceptors (Lipinski definition) is 4. The molecule has 0 aromatic rings. The summed E-state index contributed by atoms with van der Waals surface area (Å²) in [6, 6.07) is -0.798. The summed E-state index contributed by atoms with van der Waals surface area (Å²) in [5.41, 5.74) is 5.64. The van der Waals surface area contributed by atoms with Gasteiger partial charge in [0.25, 0.3) is 0 Å². The number of allylic oxidation sites excluding steroid dienone is 1. The van der Waals surface area contributed by atoms with Crippen molar-refractivity contribution in [1.29, 1.82) is 0 Å². The van der Waals surface area contributed by atoms with Crippen LogP contribution < -0.4 is 5.73 Å². The number of hydrogen-bond donors (Lipinski definition) is 3. The van der Waals surface area contributed by atoms with Crippen molar-refractivity contribution in [3.63, 3.8) is 0 Å². The summed E-state index contributed by atoms with van der Waals surface area (Å²) in [5.74, 6) is 0. The van der Waals surface area contributed by atoms with Crippen LogP contribution in [0.25, 0.3) is 0 Å². The second-order valence-electron chi connectivity index (χ2n) is 6.45. The molecule has 0 saturated heterocycles. The maximum Gasteiger partial charge on any atom is 0.172 e. The minimum Gasteiger partial charge on any atom is -0.387 e. The monoisotopic (exact) mass is 329 g/mol. The number of methoxy groups -OCH3 is 1. The highest BCUT2D eigenvalue weighted by Crippen LogP contribution is 2.12. The lowest BCUT2D eigenvalue weighted by Crippen LogP contribution is -2.44. The van der Waals surface area contributed by atoms with E-state index < -0.39 is 18.4 Å². The minimum atomic E-state index is -1.13. The predicted octanol–water partition coefficient (Wildman–Crippen LogP) is 3.90. The van der Waals surface area contributed by atoms with E-state index in [1.54, 1.807) is 6.08 Å². The summed E-state index contributed by atoms with van der Waals surface area (Å²) in [5, 5.41) is 19.1. The molecule has 4 N–H and O–H groups in total. The lowest BCUT2D eigenvalue weighted by atomic mass is 10.0. The maximum absolute atomic E-state index is 9.74. The fraction of sp³-hybridized carbons (Fsp3) is 0.895. The van der Waals surface area contributed by atoms with Gasteiger partial charge in [0.05, 0.1) is 12.1 Å². The van der Waals surface area contributed by atoms with Crippen molar-refractivity contribution >= 4 is 0 Å². The Balaban J connectivity index is 3.37. The van der Waals surface area contributed by atoms with Gasteiger partial charge in [0, 0.05) is 7.11 Å². The molecule has 0 radical (unpaired) electrons. The molecule has 0 bridgehead atoms. The smallest absolute Gasteiger partial charge is 0.172 e. The molecule has 1 unspecified atom stereocenters. The zero-order valence-electron chi connectivity index (χ0n) is 15.3. The summed E-state index contributed by atoms with van der Waals surface area (Å²) in [4.78, 5) is 0. The summed E-state index contributed by atoms with van der Waals surface area (Å²) >= 11 is 0. The molecule has 0 amide bonds. The van der Waals surface area contributed by atoms with E-state index in [-0.39, 0.29) is 0 Å². The molecule has 0 aliphatic carbocycles. The number of rotatable bonds is 16. The highest BCUT2D eigenvalue weighted by atomic mass is 16.6. The minimum absolute atomic E-state index is 0.798. The molecule has 0 aromatic carbocycles. The van der Waals surface area contributed by atoms with Gasteiger partial charge in [-0.1, -0.05) is 83.3 Å². The maximum atomic E-state index is 9.74. The van der Waals surface area contributed by atoms with Crippen molar-refractivity contribution in [1.82, 2.24) is 0 Å². The van der Waals surface area contributed by atoms with Gasteiger partial charge >= 0.3 is 0 Å². The molecule has 0 fully saturated rings. The average molecular weight is 330 g/mol. The second kappa shape index (κ2) is 16.4. The zero-order chi connectivity index (χ0) is 17.3. The number of ether oxygens (including phenoxy) is 1. The van der Waals surface area contributed by atoms with Crippen molar-refractivity contribution in [3.8, 4) is 0 Å². The molecule has 0 heterocycles. The van der Waals surface area contributed by atoms with Crippen LogP contribution in [0.2, 0.25) is 0 Å². The second-order valence-corrected chi connectivity index (χ2v) is 6.45. The number of unbranched alkanes of at least 4 members (excludes halogenated alkanes) is 11. The summed E-state index contributed by atoms with van der Waals surface area (Å²) in [6.45, 7) is 2.26. The Morgan fingerprint density at radius 3 is 1.83 bits per heavy atom. The molecular weight excluding hydrogens is 290 g/mol. The van der Waals surface area contributed by atoms with Gasteiger partial charge in [-0.05, 0) is 12.8 Å². The third-order valence-corrected chi connectivity index (χ3v) is 4.27. The molecule has 0 aliphatic rings. The standard InChI is InChI=1S/C19H39NO3/c1-3-4-5-6-7-8-9-10-11-12-13-14-15-16-17(21)18(20)19(22)23-2/h15-19,21-22H,3-14,20H2,1-2H3/b16-15+/t17-,18-,19?/m1/s1. The van der Waals surface area contributed by atoms with Crippen molar-refractivity contribution in [2.24, 2.45) is 5.73 Å². The van der Waals surface area contributed by atoms with E-state index >= 15 is 0 Å². The van der Waals surface area contributed by atoms with Gasteiger partial charge in [0.15, 0.2) is 6.29 Å². The van der Waals surface area contributed by atoms with E-state index in [4.69, 9.17) is 5.73 Å². The molecule has 138 valence electrons. The first kappa shape index (κ1) is 22.6. The molecule has 0 saturated carbocycles. The van der Waals surface area contributed by atoms with Gasteiger partial charge < -0.3 is 20.7 Å². The molecule has 4 nitrogen and oxygen atoms in total. The largest absolute Gasteiger partial charge is 0.387 e. The molecule has 23 heavy (non-hydrogen) atoms. The Hall–Kier alpha value is -0.420. The van der Waals surface area contributed by atoms with Crippen molar-refractivity contribution in [2.75, 3.05) is 7.11 Å². The SMILES string of the molecule is CCCCCCCCCCCCC/C=C/[C@@H](O)[C@@H](N)C(O)OC. The van der Waals surface area contributed by atoms with Crippen LogP contribution in [0.1, 0.15) is 84.0 Å². The zero-order valence-corrected chi connectivity index (χ0v) is 15.3. The van der Waals surface area contributed by atoms with Crippen LogP contribution in [-0.2, 0) is 4.74 Å². The average Bonchev–Trinajstić information content (AvgIpc) is 2.57. The van der Waals surface area contributed by atoms with Gasteiger partial charge in [-0.2, -0.15) is 0 Å². The third-order valence-electron chi connectivity index (χ3n) is 4.27. The van der Waals surface area contributed by atoms with E-state index in [1.165, 1.54) is 71.3 Å². The molecule has 3 atom stereocenters. The summed E-state index contributed by atoms with van der Waals surface area (Å²) < 4.78 is 4.69. The molecule has 0 aliphatic heterocycles. The first-order valence-electron chi connectivity index (χ1n) is 9.44. The van der Waals surface area contributed by atoms with Crippen LogP contribution >= 0.6 is 0 Å². The summed E-state index contributed by atoms with van der Waals surface area (Å²) in [6.07, 6.45) is 17.2. The van der Waals surface area contributed by atoms with E-state index in [9.17, 15) is 10.2 Å². The van der Waals surface area contributed by atoms with Crippen molar-refractivity contribution in [3.05, 3.63) is 12.2 Å². The van der Waals surface area contributed by atoms with Crippen LogP contribution in [0.5, 0.6) is 0 Å². The Labute approximate surface area is 143 Å². The highest BCUT2D eigenvalue weighted by Gasteiger charge is 2.20. The summed E-state index contributed by atoms with van der Waals surface area (Å²) in [7, 11) is 1.37. The van der Waals surface area contributed by atoms with E-state index in [0.717, 1.165) is 12.8 Å². The highest BCUT2D eigenvalue weighted by molar-refractivity contribution is 4.94. The van der Waals surface area contributed by atoms with E-state index in [0.29, 0.717) is 0 Å². The van der Waals surface area contributed by atoms with Crippen LogP contribution in [0.3, 0.4) is 0 Å². The van der Waals surface area contributed by atoms with Gasteiger partial charge in [0.1, 0.15) is 0 Å². The predicted molar refractivity (Wildman–Crippen MR) is 97.2 cm³/mol. The van der Waals surface area contributed by atoms with Crippen LogP contribution in [-0.4, -0.2) is 35.8 Å². The Bertz CT molecular complexity index is 271. The van der Waals surface area contributed by atoms with Gasteiger partial charge in [0.2, 0.25) is 0 Å². The van der Waals surface area contributed by atoms with Crippen molar-refractivity contribution in [2.45, 2.75) is 102 Å². The fourth-order valence-corrected chi connectivity index (χ4v) is 2.62. The first-order chi connectivity index (χ1) is 11.1.